The van der Waals surface area contributed by atoms with Gasteiger partial charge in [-0.05, 0) is 70.2 Å². The Morgan fingerprint density at radius 1 is 0.250 bits per heavy atom. The third kappa shape index (κ3) is 4.36. The first-order chi connectivity index (χ1) is 15.9. The van der Waals surface area contributed by atoms with Crippen LogP contribution in [0.1, 0.15) is 47.9 Å². The highest BCUT2D eigenvalue weighted by atomic mass is 14.2. The van der Waals surface area contributed by atoms with Crippen LogP contribution >= 0.6 is 0 Å². The summed E-state index contributed by atoms with van der Waals surface area (Å²) in [7, 11) is 0. The van der Waals surface area contributed by atoms with Crippen molar-refractivity contribution in [3.8, 4) is 0 Å². The van der Waals surface area contributed by atoms with Crippen molar-refractivity contribution in [3.63, 3.8) is 0 Å². The third-order valence-electron chi connectivity index (χ3n) is 6.47. The highest BCUT2D eigenvalue weighted by molar-refractivity contribution is 5.97. The van der Waals surface area contributed by atoms with E-state index in [-0.39, 0.29) is 0 Å². The molecule has 1 aliphatic carbocycles. The number of rotatable bonds is 4. The molecule has 4 aromatic rings. The average Bonchev–Trinajstić information content (AvgIpc) is 2.86. The van der Waals surface area contributed by atoms with Crippen LogP contribution in [-0.2, 0) is 0 Å². The topological polar surface area (TPSA) is 0 Å². The molecule has 0 spiro atoms. The molecule has 0 heterocycles. The van der Waals surface area contributed by atoms with E-state index in [1.54, 1.807) is 0 Å². The van der Waals surface area contributed by atoms with Gasteiger partial charge in [0.1, 0.15) is 0 Å². The Hall–Kier alpha value is -3.64. The van der Waals surface area contributed by atoms with E-state index < -0.39 is 0 Å². The standard InChI is InChI=1S/C32H28/c1-5-13-25(14-6-1)29-21-22-31(27-17-9-3-10-18-27)32(28-19-11-4-12-20-28)24-23-30(29)26-15-7-2-8-16-26/h1-20H,21-24H2/b30-29-,32-31-. The van der Waals surface area contributed by atoms with Crippen molar-refractivity contribution in [2.75, 3.05) is 0 Å². The molecule has 0 fully saturated rings. The molecule has 0 aromatic heterocycles. The Bertz CT molecular complexity index is 1010. The molecule has 0 amide bonds. The molecule has 1 aliphatic rings. The molecule has 0 aliphatic heterocycles. The minimum Gasteiger partial charge on any atom is -0.0622 e. The van der Waals surface area contributed by atoms with Gasteiger partial charge in [-0.15, -0.1) is 0 Å². The molecule has 0 nitrogen and oxygen atoms in total. The molecular formula is C32H28. The lowest BCUT2D eigenvalue weighted by Crippen LogP contribution is -2.02. The van der Waals surface area contributed by atoms with Gasteiger partial charge in [0, 0.05) is 0 Å². The summed E-state index contributed by atoms with van der Waals surface area (Å²) in [6.07, 6.45) is 4.15. The molecule has 0 saturated carbocycles. The molecular weight excluding hydrogens is 384 g/mol. The Morgan fingerprint density at radius 2 is 0.438 bits per heavy atom. The first-order valence-electron chi connectivity index (χ1n) is 11.6. The van der Waals surface area contributed by atoms with Gasteiger partial charge in [0.25, 0.3) is 0 Å². The number of hydrogen-bond acceptors (Lipinski definition) is 0. The molecule has 5 rings (SSSR count). The highest BCUT2D eigenvalue weighted by Crippen LogP contribution is 2.42. The van der Waals surface area contributed by atoms with Crippen LogP contribution in [0.25, 0.3) is 22.3 Å². The number of hydrogen-bond donors (Lipinski definition) is 0. The van der Waals surface area contributed by atoms with E-state index in [1.807, 2.05) is 0 Å². The predicted molar refractivity (Wildman–Crippen MR) is 138 cm³/mol. The molecule has 0 atom stereocenters. The average molecular weight is 413 g/mol. The van der Waals surface area contributed by atoms with Crippen LogP contribution in [0.2, 0.25) is 0 Å². The van der Waals surface area contributed by atoms with E-state index >= 15 is 0 Å². The summed E-state index contributed by atoms with van der Waals surface area (Å²) in [6.45, 7) is 0. The minimum atomic E-state index is 1.04. The lowest BCUT2D eigenvalue weighted by molar-refractivity contribution is 1.01. The highest BCUT2D eigenvalue weighted by Gasteiger charge is 2.20. The van der Waals surface area contributed by atoms with E-state index in [4.69, 9.17) is 0 Å². The van der Waals surface area contributed by atoms with E-state index in [0.29, 0.717) is 0 Å². The lowest BCUT2D eigenvalue weighted by Gasteiger charge is -2.24. The summed E-state index contributed by atoms with van der Waals surface area (Å²) in [4.78, 5) is 0. The van der Waals surface area contributed by atoms with E-state index in [1.165, 1.54) is 44.5 Å². The first kappa shape index (κ1) is 20.3. The Labute approximate surface area is 191 Å². The zero-order chi connectivity index (χ0) is 21.6. The largest absolute Gasteiger partial charge is 0.0622 e. The molecule has 0 radical (unpaired) electrons. The van der Waals surface area contributed by atoms with Crippen molar-refractivity contribution < 1.29 is 0 Å². The third-order valence-corrected chi connectivity index (χ3v) is 6.47. The maximum absolute atomic E-state index is 2.27. The van der Waals surface area contributed by atoms with Gasteiger partial charge in [-0.3, -0.25) is 0 Å². The molecule has 156 valence electrons. The fraction of sp³-hybridized carbons (Fsp3) is 0.125. The molecule has 0 unspecified atom stereocenters. The van der Waals surface area contributed by atoms with Crippen molar-refractivity contribution in [2.24, 2.45) is 0 Å². The van der Waals surface area contributed by atoms with E-state index in [9.17, 15) is 0 Å². The second kappa shape index (κ2) is 9.66. The quantitative estimate of drug-likeness (QED) is 0.314. The van der Waals surface area contributed by atoms with Crippen molar-refractivity contribution in [1.82, 2.24) is 0 Å². The Kier molecular flexibility index (Phi) is 6.12. The SMILES string of the molecule is c1ccc(/C2=C(\c3ccccc3)CC/C(c3ccccc3)=C(/c3ccccc3)CC2)cc1. The van der Waals surface area contributed by atoms with Gasteiger partial charge in [0.05, 0.1) is 0 Å². The van der Waals surface area contributed by atoms with Crippen LogP contribution in [0, 0.1) is 0 Å². The summed E-state index contributed by atoms with van der Waals surface area (Å²) < 4.78 is 0. The summed E-state index contributed by atoms with van der Waals surface area (Å²) >= 11 is 0. The normalized spacial score (nSPS) is 19.2. The van der Waals surface area contributed by atoms with Gasteiger partial charge < -0.3 is 0 Å². The van der Waals surface area contributed by atoms with Crippen LogP contribution in [0.15, 0.2) is 121 Å². The second-order valence-corrected chi connectivity index (χ2v) is 8.38. The van der Waals surface area contributed by atoms with E-state index in [0.717, 1.165) is 25.7 Å². The van der Waals surface area contributed by atoms with Crippen LogP contribution in [-0.4, -0.2) is 0 Å². The monoisotopic (exact) mass is 412 g/mol. The van der Waals surface area contributed by atoms with E-state index in [2.05, 4.69) is 121 Å². The first-order valence-corrected chi connectivity index (χ1v) is 11.6. The van der Waals surface area contributed by atoms with Crippen LogP contribution < -0.4 is 0 Å². The lowest BCUT2D eigenvalue weighted by atomic mass is 9.80. The number of benzene rings is 4. The van der Waals surface area contributed by atoms with Crippen LogP contribution in [0.5, 0.6) is 0 Å². The fourth-order valence-corrected chi connectivity index (χ4v) is 4.94. The zero-order valence-electron chi connectivity index (χ0n) is 18.4. The molecule has 0 saturated heterocycles. The molecule has 0 heteroatoms. The van der Waals surface area contributed by atoms with Gasteiger partial charge in [-0.25, -0.2) is 0 Å². The molecule has 32 heavy (non-hydrogen) atoms. The molecule has 0 bridgehead atoms. The Morgan fingerprint density at radius 3 is 0.625 bits per heavy atom. The van der Waals surface area contributed by atoms with Gasteiger partial charge in [-0.1, -0.05) is 121 Å². The van der Waals surface area contributed by atoms with Crippen molar-refractivity contribution in [3.05, 3.63) is 144 Å². The minimum absolute atomic E-state index is 1.04. The summed E-state index contributed by atoms with van der Waals surface area (Å²) in [6, 6.07) is 43.9. The van der Waals surface area contributed by atoms with Crippen molar-refractivity contribution >= 4 is 22.3 Å². The Balaban J connectivity index is 1.64. The van der Waals surface area contributed by atoms with Gasteiger partial charge in [-0.2, -0.15) is 0 Å². The summed E-state index contributed by atoms with van der Waals surface area (Å²) in [5.74, 6) is 0. The summed E-state index contributed by atoms with van der Waals surface area (Å²) in [5, 5.41) is 0. The molecule has 4 aromatic carbocycles. The zero-order valence-corrected chi connectivity index (χ0v) is 18.4. The smallest absolute Gasteiger partial charge is 0.0221 e. The summed E-state index contributed by atoms with van der Waals surface area (Å²) in [5.41, 5.74) is 11.3. The number of allylic oxidation sites excluding steroid dienone is 4. The van der Waals surface area contributed by atoms with Crippen molar-refractivity contribution in [2.45, 2.75) is 25.7 Å². The fourth-order valence-electron chi connectivity index (χ4n) is 4.94. The van der Waals surface area contributed by atoms with Gasteiger partial charge >= 0.3 is 0 Å². The van der Waals surface area contributed by atoms with Crippen LogP contribution in [0.4, 0.5) is 0 Å². The maximum Gasteiger partial charge on any atom is -0.0221 e. The second-order valence-electron chi connectivity index (χ2n) is 8.38. The van der Waals surface area contributed by atoms with Gasteiger partial charge in [0.15, 0.2) is 0 Å². The van der Waals surface area contributed by atoms with Gasteiger partial charge in [0.2, 0.25) is 0 Å². The molecule has 0 N–H and O–H groups in total. The van der Waals surface area contributed by atoms with Crippen LogP contribution in [0.3, 0.4) is 0 Å². The predicted octanol–water partition coefficient (Wildman–Crippen LogP) is 8.78. The van der Waals surface area contributed by atoms with Crippen molar-refractivity contribution in [1.29, 1.82) is 0 Å². The maximum atomic E-state index is 2.27.